The molecule has 5 nitrogen and oxygen atoms in total. The molecular weight excluding hydrogens is 244 g/mol. The van der Waals surface area contributed by atoms with Gasteiger partial charge in [-0.15, -0.1) is 11.6 Å². The Morgan fingerprint density at radius 2 is 2.24 bits per heavy atom. The van der Waals surface area contributed by atoms with Crippen LogP contribution in [-0.2, 0) is 4.74 Å². The first-order chi connectivity index (χ1) is 8.04. The van der Waals surface area contributed by atoms with Crippen molar-refractivity contribution in [2.75, 3.05) is 0 Å². The predicted octanol–water partition coefficient (Wildman–Crippen LogP) is 1.09. The molecule has 6 heteroatoms. The van der Waals surface area contributed by atoms with Gasteiger partial charge in [-0.2, -0.15) is 0 Å². The molecule has 1 saturated heterocycles. The van der Waals surface area contributed by atoms with Crippen molar-refractivity contribution >= 4 is 11.6 Å². The van der Waals surface area contributed by atoms with Crippen molar-refractivity contribution in [2.45, 2.75) is 38.0 Å². The third-order valence-electron chi connectivity index (χ3n) is 3.20. The Kier molecular flexibility index (Phi) is 3.40. The van der Waals surface area contributed by atoms with E-state index in [0.29, 0.717) is 0 Å². The number of halogens is 1. The quantitative estimate of drug-likeness (QED) is 0.808. The summed E-state index contributed by atoms with van der Waals surface area (Å²) in [6, 6.07) is 1.29. The molecule has 0 radical (unpaired) electrons. The zero-order valence-corrected chi connectivity index (χ0v) is 10.5. The first kappa shape index (κ1) is 12.4. The molecule has 1 N–H and O–H groups in total. The van der Waals surface area contributed by atoms with Crippen LogP contribution in [0.4, 0.5) is 0 Å². The van der Waals surface area contributed by atoms with Gasteiger partial charge in [-0.3, -0.25) is 14.3 Å². The molecule has 94 valence electrons. The number of aromatic amines is 1. The van der Waals surface area contributed by atoms with Gasteiger partial charge < -0.3 is 4.74 Å². The van der Waals surface area contributed by atoms with Gasteiger partial charge in [-0.1, -0.05) is 13.8 Å². The molecule has 0 spiro atoms. The van der Waals surface area contributed by atoms with E-state index >= 15 is 0 Å². The van der Waals surface area contributed by atoms with Gasteiger partial charge in [0, 0.05) is 18.2 Å². The lowest BCUT2D eigenvalue weighted by Crippen LogP contribution is -2.34. The molecule has 1 fully saturated rings. The molecule has 0 aromatic carbocycles. The molecule has 0 aliphatic carbocycles. The molecule has 4 atom stereocenters. The van der Waals surface area contributed by atoms with Crippen LogP contribution in [0, 0.1) is 5.92 Å². The van der Waals surface area contributed by atoms with Crippen molar-refractivity contribution in [3.05, 3.63) is 33.1 Å². The van der Waals surface area contributed by atoms with E-state index in [1.54, 1.807) is 0 Å². The molecule has 0 bridgehead atoms. The van der Waals surface area contributed by atoms with Crippen LogP contribution in [0.3, 0.4) is 0 Å². The molecule has 4 unspecified atom stereocenters. The topological polar surface area (TPSA) is 64.1 Å². The van der Waals surface area contributed by atoms with Crippen molar-refractivity contribution in [3.63, 3.8) is 0 Å². The maximum Gasteiger partial charge on any atom is 0.330 e. The van der Waals surface area contributed by atoms with Crippen LogP contribution in [0.5, 0.6) is 0 Å². The lowest BCUT2D eigenvalue weighted by atomic mass is 10.0. The summed E-state index contributed by atoms with van der Waals surface area (Å²) in [5.41, 5.74) is -0.910. The number of nitrogens with one attached hydrogen (secondary N) is 1. The van der Waals surface area contributed by atoms with Crippen molar-refractivity contribution < 1.29 is 4.74 Å². The Hall–Kier alpha value is -1.07. The van der Waals surface area contributed by atoms with Crippen LogP contribution in [-0.4, -0.2) is 21.0 Å². The predicted molar refractivity (Wildman–Crippen MR) is 64.3 cm³/mol. The number of ether oxygens (including phenoxy) is 1. The number of H-pyrrole nitrogens is 1. The molecular formula is C11H15ClN2O3. The lowest BCUT2D eigenvalue weighted by Gasteiger charge is -2.16. The number of alkyl halides is 1. The van der Waals surface area contributed by atoms with Gasteiger partial charge in [-0.05, 0) is 6.42 Å². The maximum atomic E-state index is 11.6. The summed E-state index contributed by atoms with van der Waals surface area (Å²) in [4.78, 5) is 24.8. The Morgan fingerprint density at radius 1 is 1.53 bits per heavy atom. The third-order valence-corrected chi connectivity index (χ3v) is 3.82. The summed E-state index contributed by atoms with van der Waals surface area (Å²) in [7, 11) is 0. The highest BCUT2D eigenvalue weighted by Crippen LogP contribution is 2.37. The van der Waals surface area contributed by atoms with Gasteiger partial charge in [-0.25, -0.2) is 4.79 Å². The molecule has 1 aliphatic rings. The fourth-order valence-electron chi connectivity index (χ4n) is 2.16. The van der Waals surface area contributed by atoms with Gasteiger partial charge in [0.15, 0.2) is 6.23 Å². The van der Waals surface area contributed by atoms with Crippen LogP contribution in [0.15, 0.2) is 21.9 Å². The van der Waals surface area contributed by atoms with Crippen molar-refractivity contribution in [3.8, 4) is 0 Å². The van der Waals surface area contributed by atoms with E-state index in [4.69, 9.17) is 16.3 Å². The average Bonchev–Trinajstić information content (AvgIpc) is 2.57. The van der Waals surface area contributed by atoms with E-state index in [1.165, 1.54) is 16.8 Å². The number of rotatable bonds is 2. The second kappa shape index (κ2) is 4.66. The molecule has 1 aromatic heterocycles. The standard InChI is InChI=1S/C11H15ClN2O3/c1-3-7-6(2)9(12)10(17-7)14-5-4-8(15)13-11(14)16/h4-7,9-10H,3H2,1-2H3,(H,13,15,16). The molecule has 0 amide bonds. The Bertz CT molecular complexity index is 510. The van der Waals surface area contributed by atoms with E-state index < -0.39 is 17.5 Å². The molecule has 2 rings (SSSR count). The second-order valence-electron chi connectivity index (χ2n) is 4.29. The van der Waals surface area contributed by atoms with Crippen LogP contribution < -0.4 is 11.2 Å². The average molecular weight is 259 g/mol. The SMILES string of the molecule is CCC1OC(n2ccc(=O)[nH]c2=O)C(Cl)C1C. The highest BCUT2D eigenvalue weighted by molar-refractivity contribution is 6.21. The smallest absolute Gasteiger partial charge is 0.330 e. The first-order valence-electron chi connectivity index (χ1n) is 5.65. The van der Waals surface area contributed by atoms with E-state index in [2.05, 4.69) is 4.98 Å². The highest BCUT2D eigenvalue weighted by Gasteiger charge is 2.41. The van der Waals surface area contributed by atoms with Gasteiger partial charge in [0.05, 0.1) is 11.5 Å². The summed E-state index contributed by atoms with van der Waals surface area (Å²) in [5, 5.41) is -0.274. The third kappa shape index (κ3) is 2.17. The molecule has 1 aliphatic heterocycles. The Labute approximate surface area is 103 Å². The van der Waals surface area contributed by atoms with Crippen LogP contribution in [0.25, 0.3) is 0 Å². The van der Waals surface area contributed by atoms with Crippen molar-refractivity contribution in [1.29, 1.82) is 0 Å². The normalized spacial score (nSPS) is 32.9. The fraction of sp³-hybridized carbons (Fsp3) is 0.636. The Balaban J connectivity index is 2.35. The largest absolute Gasteiger partial charge is 0.353 e. The zero-order chi connectivity index (χ0) is 12.6. The Morgan fingerprint density at radius 3 is 2.76 bits per heavy atom. The van der Waals surface area contributed by atoms with Crippen LogP contribution in [0.2, 0.25) is 0 Å². The molecule has 0 saturated carbocycles. The maximum absolute atomic E-state index is 11.6. The van der Waals surface area contributed by atoms with Crippen LogP contribution >= 0.6 is 11.6 Å². The monoisotopic (exact) mass is 258 g/mol. The number of hydrogen-bond acceptors (Lipinski definition) is 3. The zero-order valence-electron chi connectivity index (χ0n) is 9.72. The van der Waals surface area contributed by atoms with Gasteiger partial charge in [0.25, 0.3) is 5.56 Å². The first-order valence-corrected chi connectivity index (χ1v) is 6.09. The molecule has 1 aromatic rings. The van der Waals surface area contributed by atoms with Gasteiger partial charge >= 0.3 is 5.69 Å². The highest BCUT2D eigenvalue weighted by atomic mass is 35.5. The van der Waals surface area contributed by atoms with Gasteiger partial charge in [0.2, 0.25) is 0 Å². The number of aromatic nitrogens is 2. The summed E-state index contributed by atoms with van der Waals surface area (Å²) in [6.45, 7) is 4.02. The number of nitrogens with zero attached hydrogens (tertiary/aromatic N) is 1. The molecule has 2 heterocycles. The van der Waals surface area contributed by atoms with Gasteiger partial charge in [0.1, 0.15) is 0 Å². The summed E-state index contributed by atoms with van der Waals surface area (Å²) in [6.07, 6.45) is 1.80. The minimum Gasteiger partial charge on any atom is -0.353 e. The van der Waals surface area contributed by atoms with E-state index in [-0.39, 0.29) is 17.4 Å². The fourth-order valence-corrected chi connectivity index (χ4v) is 2.50. The summed E-state index contributed by atoms with van der Waals surface area (Å²) >= 11 is 6.27. The second-order valence-corrected chi connectivity index (χ2v) is 4.80. The summed E-state index contributed by atoms with van der Waals surface area (Å²) < 4.78 is 7.09. The lowest BCUT2D eigenvalue weighted by molar-refractivity contribution is -0.00685. The van der Waals surface area contributed by atoms with E-state index in [0.717, 1.165) is 6.42 Å². The van der Waals surface area contributed by atoms with Crippen molar-refractivity contribution in [1.82, 2.24) is 9.55 Å². The minimum atomic E-state index is -0.513. The van der Waals surface area contributed by atoms with E-state index in [9.17, 15) is 9.59 Å². The van der Waals surface area contributed by atoms with Crippen molar-refractivity contribution in [2.24, 2.45) is 5.92 Å². The van der Waals surface area contributed by atoms with Crippen LogP contribution in [0.1, 0.15) is 26.5 Å². The minimum absolute atomic E-state index is 0.0429. The van der Waals surface area contributed by atoms with E-state index in [1.807, 2.05) is 13.8 Å². The number of hydrogen-bond donors (Lipinski definition) is 1. The summed E-state index contributed by atoms with van der Waals surface area (Å²) in [5.74, 6) is 0.172. The molecule has 17 heavy (non-hydrogen) atoms.